The van der Waals surface area contributed by atoms with Gasteiger partial charge in [0.05, 0.1) is 17.8 Å². The van der Waals surface area contributed by atoms with E-state index < -0.39 is 0 Å². The van der Waals surface area contributed by atoms with Crippen molar-refractivity contribution in [1.82, 2.24) is 9.38 Å². The van der Waals surface area contributed by atoms with E-state index in [2.05, 4.69) is 4.98 Å². The van der Waals surface area contributed by atoms with Gasteiger partial charge in [0.2, 0.25) is 0 Å². The van der Waals surface area contributed by atoms with Gasteiger partial charge in [-0.05, 0) is 36.2 Å². The molecule has 0 aliphatic carbocycles. The van der Waals surface area contributed by atoms with Crippen LogP contribution in [0.4, 0.5) is 0 Å². The average molecular weight is 373 g/mol. The number of aromatic nitrogens is 2. The monoisotopic (exact) mass is 372 g/mol. The number of benzene rings is 1. The zero-order valence-electron chi connectivity index (χ0n) is 14.1. The topological polar surface area (TPSA) is 69.9 Å². The highest BCUT2D eigenvalue weighted by molar-refractivity contribution is 6.30. The molecule has 3 aromatic rings. The molecule has 2 heterocycles. The average Bonchev–Trinajstić information content (AvgIpc) is 2.65. The summed E-state index contributed by atoms with van der Waals surface area (Å²) < 4.78 is 11.7. The quantitative estimate of drug-likeness (QED) is 0.622. The van der Waals surface area contributed by atoms with Crippen molar-refractivity contribution < 1.29 is 14.3 Å². The van der Waals surface area contributed by atoms with Crippen LogP contribution in [-0.2, 0) is 22.6 Å². The number of nitrogens with zero attached hydrogens (tertiary/aromatic N) is 2. The van der Waals surface area contributed by atoms with Crippen molar-refractivity contribution in [3.8, 4) is 5.75 Å². The molecule has 0 fully saturated rings. The molecule has 0 saturated heterocycles. The molecular weight excluding hydrogens is 356 g/mol. The highest BCUT2D eigenvalue weighted by atomic mass is 35.5. The second kappa shape index (κ2) is 8.01. The summed E-state index contributed by atoms with van der Waals surface area (Å²) in [6, 6.07) is 12.1. The van der Waals surface area contributed by atoms with E-state index >= 15 is 0 Å². The molecule has 0 radical (unpaired) electrons. The van der Waals surface area contributed by atoms with Gasteiger partial charge in [-0.3, -0.25) is 14.0 Å². The van der Waals surface area contributed by atoms with Gasteiger partial charge in [0, 0.05) is 18.7 Å². The van der Waals surface area contributed by atoms with Gasteiger partial charge < -0.3 is 9.47 Å². The first-order valence-corrected chi connectivity index (χ1v) is 8.39. The molecule has 0 aliphatic rings. The first-order chi connectivity index (χ1) is 12.5. The Morgan fingerprint density at radius 3 is 2.69 bits per heavy atom. The van der Waals surface area contributed by atoms with Crippen molar-refractivity contribution in [3.63, 3.8) is 0 Å². The fraction of sp³-hybridized carbons (Fsp3) is 0.211. The number of hydrogen-bond donors (Lipinski definition) is 0. The van der Waals surface area contributed by atoms with E-state index in [9.17, 15) is 9.59 Å². The lowest BCUT2D eigenvalue weighted by Gasteiger charge is -2.07. The summed E-state index contributed by atoms with van der Waals surface area (Å²) in [5, 5.41) is 0.444. The van der Waals surface area contributed by atoms with E-state index in [4.69, 9.17) is 21.1 Å². The Morgan fingerprint density at radius 2 is 1.96 bits per heavy atom. The molecule has 0 saturated carbocycles. The van der Waals surface area contributed by atoms with Crippen LogP contribution in [0, 0.1) is 0 Å². The number of carbonyl (C=O) groups excluding carboxylic acids is 1. The molecule has 26 heavy (non-hydrogen) atoms. The molecule has 6 nitrogen and oxygen atoms in total. The van der Waals surface area contributed by atoms with Gasteiger partial charge in [-0.2, -0.15) is 0 Å². The summed E-state index contributed by atoms with van der Waals surface area (Å²) in [6.45, 7) is -0.0458. The molecule has 0 spiro atoms. The Bertz CT molecular complexity index is 983. The molecule has 0 bridgehead atoms. The van der Waals surface area contributed by atoms with Crippen LogP contribution in [0.5, 0.6) is 5.75 Å². The van der Waals surface area contributed by atoms with Gasteiger partial charge in [0.25, 0.3) is 5.56 Å². The molecule has 2 aromatic heterocycles. The summed E-state index contributed by atoms with van der Waals surface area (Å²) in [5.74, 6) is 0.421. The van der Waals surface area contributed by atoms with E-state index in [0.717, 1.165) is 11.3 Å². The lowest BCUT2D eigenvalue weighted by atomic mass is 10.1. The summed E-state index contributed by atoms with van der Waals surface area (Å²) >= 11 is 5.87. The number of pyridine rings is 1. The van der Waals surface area contributed by atoms with Crippen LogP contribution in [0.3, 0.4) is 0 Å². The van der Waals surface area contributed by atoms with Crippen LogP contribution in [0.25, 0.3) is 5.65 Å². The molecule has 0 atom stereocenters. The minimum Gasteiger partial charge on any atom is -0.497 e. The van der Waals surface area contributed by atoms with Crippen molar-refractivity contribution in [2.75, 3.05) is 7.11 Å². The van der Waals surface area contributed by atoms with E-state index in [0.29, 0.717) is 22.8 Å². The fourth-order valence-corrected chi connectivity index (χ4v) is 2.63. The first kappa shape index (κ1) is 17.9. The summed E-state index contributed by atoms with van der Waals surface area (Å²) in [4.78, 5) is 28.3. The number of methoxy groups -OCH3 is 1. The van der Waals surface area contributed by atoms with Crippen molar-refractivity contribution in [1.29, 1.82) is 0 Å². The Hall–Kier alpha value is -2.86. The SMILES string of the molecule is COc1ccc(CCC(=O)OCc2cc(=O)n3cc(Cl)ccc3n2)cc1. The van der Waals surface area contributed by atoms with Crippen LogP contribution in [0.1, 0.15) is 17.7 Å². The largest absolute Gasteiger partial charge is 0.497 e. The van der Waals surface area contributed by atoms with Gasteiger partial charge in [0.15, 0.2) is 0 Å². The highest BCUT2D eigenvalue weighted by Gasteiger charge is 2.08. The Balaban J connectivity index is 1.58. The van der Waals surface area contributed by atoms with E-state index in [1.807, 2.05) is 24.3 Å². The fourth-order valence-electron chi connectivity index (χ4n) is 2.47. The van der Waals surface area contributed by atoms with Crippen LogP contribution in [0.15, 0.2) is 53.5 Å². The number of rotatable bonds is 6. The maximum Gasteiger partial charge on any atom is 0.306 e. The molecule has 0 N–H and O–H groups in total. The zero-order valence-corrected chi connectivity index (χ0v) is 14.9. The normalized spacial score (nSPS) is 10.7. The van der Waals surface area contributed by atoms with Crippen LogP contribution < -0.4 is 10.3 Å². The van der Waals surface area contributed by atoms with Crippen molar-refractivity contribution in [2.24, 2.45) is 0 Å². The van der Waals surface area contributed by atoms with Crippen molar-refractivity contribution in [3.05, 3.63) is 75.3 Å². The van der Waals surface area contributed by atoms with Gasteiger partial charge in [-0.15, -0.1) is 0 Å². The lowest BCUT2D eigenvalue weighted by molar-refractivity contribution is -0.145. The third-order valence-electron chi connectivity index (χ3n) is 3.83. The molecule has 0 aliphatic heterocycles. The maximum absolute atomic E-state index is 12.1. The Kier molecular flexibility index (Phi) is 5.53. The predicted molar refractivity (Wildman–Crippen MR) is 97.6 cm³/mol. The van der Waals surface area contributed by atoms with Crippen LogP contribution in [0.2, 0.25) is 5.02 Å². The zero-order chi connectivity index (χ0) is 18.5. The molecule has 7 heteroatoms. The smallest absolute Gasteiger partial charge is 0.306 e. The third kappa shape index (κ3) is 4.40. The number of carbonyl (C=O) groups is 1. The molecule has 134 valence electrons. The van der Waals surface area contributed by atoms with Crippen molar-refractivity contribution in [2.45, 2.75) is 19.4 Å². The minimum absolute atomic E-state index is 0.0458. The van der Waals surface area contributed by atoms with E-state index in [1.165, 1.54) is 16.7 Å². The molecule has 3 rings (SSSR count). The van der Waals surface area contributed by atoms with Gasteiger partial charge in [-0.25, -0.2) is 4.98 Å². The molecular formula is C19H17ClN2O4. The molecule has 0 unspecified atom stereocenters. The highest BCUT2D eigenvalue weighted by Crippen LogP contribution is 2.13. The Morgan fingerprint density at radius 1 is 1.19 bits per heavy atom. The molecule has 0 amide bonds. The van der Waals surface area contributed by atoms with E-state index in [-0.39, 0.29) is 24.6 Å². The third-order valence-corrected chi connectivity index (χ3v) is 4.06. The van der Waals surface area contributed by atoms with Crippen LogP contribution in [-0.4, -0.2) is 22.5 Å². The summed E-state index contributed by atoms with van der Waals surface area (Å²) in [5.41, 5.74) is 1.59. The standard InChI is InChI=1S/C19H17ClN2O4/c1-25-16-6-2-13(3-7-16)4-9-19(24)26-12-15-10-18(23)22-11-14(20)5-8-17(22)21-15/h2-3,5-8,10-11H,4,9,12H2,1H3. The second-order valence-corrected chi connectivity index (χ2v) is 6.11. The summed E-state index contributed by atoms with van der Waals surface area (Å²) in [6.07, 6.45) is 2.31. The summed E-state index contributed by atoms with van der Waals surface area (Å²) in [7, 11) is 1.60. The number of esters is 1. The van der Waals surface area contributed by atoms with Crippen molar-refractivity contribution >= 4 is 23.2 Å². The number of hydrogen-bond acceptors (Lipinski definition) is 5. The second-order valence-electron chi connectivity index (χ2n) is 5.67. The number of fused-ring (bicyclic) bond motifs is 1. The van der Waals surface area contributed by atoms with Gasteiger partial charge in [0.1, 0.15) is 18.0 Å². The predicted octanol–water partition coefficient (Wildman–Crippen LogP) is 3.03. The lowest BCUT2D eigenvalue weighted by Crippen LogP contribution is -2.16. The maximum atomic E-state index is 12.1. The number of halogens is 1. The first-order valence-electron chi connectivity index (χ1n) is 8.01. The van der Waals surface area contributed by atoms with Gasteiger partial charge >= 0.3 is 5.97 Å². The Labute approximate surface area is 155 Å². The molecule has 1 aromatic carbocycles. The van der Waals surface area contributed by atoms with E-state index in [1.54, 1.807) is 19.2 Å². The number of ether oxygens (including phenoxy) is 2. The van der Waals surface area contributed by atoms with Gasteiger partial charge in [-0.1, -0.05) is 23.7 Å². The number of aryl methyl sites for hydroxylation is 1. The minimum atomic E-state index is -0.348. The van der Waals surface area contributed by atoms with Crippen LogP contribution >= 0.6 is 11.6 Å².